The third kappa shape index (κ3) is 4.22. The molecular formula is C18H25NO3S. The van der Waals surface area contributed by atoms with Gasteiger partial charge in [-0.25, -0.2) is 13.4 Å². The van der Waals surface area contributed by atoms with E-state index < -0.39 is 9.84 Å². The van der Waals surface area contributed by atoms with Gasteiger partial charge in [0.2, 0.25) is 0 Å². The molecule has 0 saturated heterocycles. The molecule has 126 valence electrons. The van der Waals surface area contributed by atoms with E-state index in [1.807, 2.05) is 6.92 Å². The van der Waals surface area contributed by atoms with Crippen LogP contribution in [-0.4, -0.2) is 19.7 Å². The fraction of sp³-hybridized carbons (Fsp3) is 0.500. The van der Waals surface area contributed by atoms with Crippen molar-refractivity contribution < 1.29 is 12.8 Å². The normalized spacial score (nSPS) is 12.0. The highest BCUT2D eigenvalue weighted by molar-refractivity contribution is 7.90. The summed E-state index contributed by atoms with van der Waals surface area (Å²) in [5.74, 6) is 1.81. The van der Waals surface area contributed by atoms with E-state index in [-0.39, 0.29) is 0 Å². The van der Waals surface area contributed by atoms with Crippen molar-refractivity contribution >= 4 is 9.84 Å². The van der Waals surface area contributed by atoms with Crippen LogP contribution in [0.1, 0.15) is 57.0 Å². The Balaban J connectivity index is 2.43. The van der Waals surface area contributed by atoms with Crippen molar-refractivity contribution in [3.8, 4) is 11.3 Å². The summed E-state index contributed by atoms with van der Waals surface area (Å²) in [6.07, 6.45) is 5.57. The minimum absolute atomic E-state index is 0.317. The number of aryl methyl sites for hydroxylation is 1. The standard InChI is InChI=1S/C18H25NO3S/c1-5-7-14(8-6-2)17-18(22-13(3)19-17)15-9-11-16(12-10-15)23(4,20)21/h9-12,14H,5-8H2,1-4H3. The minimum Gasteiger partial charge on any atom is -0.441 e. The van der Waals surface area contributed by atoms with Crippen molar-refractivity contribution in [3.05, 3.63) is 35.9 Å². The SMILES string of the molecule is CCCC(CCC)c1nc(C)oc1-c1ccc(S(C)(=O)=O)cc1. The number of benzene rings is 1. The number of nitrogens with zero attached hydrogens (tertiary/aromatic N) is 1. The molecule has 0 fully saturated rings. The zero-order valence-electron chi connectivity index (χ0n) is 14.3. The lowest BCUT2D eigenvalue weighted by molar-refractivity contribution is 0.527. The Morgan fingerprint density at radius 1 is 1.09 bits per heavy atom. The van der Waals surface area contributed by atoms with Gasteiger partial charge in [0.05, 0.1) is 10.6 Å². The van der Waals surface area contributed by atoms with Gasteiger partial charge in [-0.15, -0.1) is 0 Å². The lowest BCUT2D eigenvalue weighted by Crippen LogP contribution is -2.01. The topological polar surface area (TPSA) is 60.2 Å². The van der Waals surface area contributed by atoms with Gasteiger partial charge in [0.1, 0.15) is 0 Å². The summed E-state index contributed by atoms with van der Waals surface area (Å²) in [6, 6.07) is 6.85. The maximum absolute atomic E-state index is 11.6. The Labute approximate surface area is 138 Å². The highest BCUT2D eigenvalue weighted by Crippen LogP contribution is 2.35. The Bertz CT molecular complexity index is 739. The highest BCUT2D eigenvalue weighted by Gasteiger charge is 2.21. The van der Waals surface area contributed by atoms with E-state index in [4.69, 9.17) is 4.42 Å². The van der Waals surface area contributed by atoms with Crippen LogP contribution in [0.4, 0.5) is 0 Å². The van der Waals surface area contributed by atoms with Gasteiger partial charge in [-0.3, -0.25) is 0 Å². The molecule has 0 N–H and O–H groups in total. The second-order valence-electron chi connectivity index (χ2n) is 6.02. The van der Waals surface area contributed by atoms with Crippen molar-refractivity contribution in [1.82, 2.24) is 4.98 Å². The van der Waals surface area contributed by atoms with Crippen LogP contribution in [0.2, 0.25) is 0 Å². The van der Waals surface area contributed by atoms with E-state index in [9.17, 15) is 8.42 Å². The second kappa shape index (κ2) is 7.30. The average molecular weight is 335 g/mol. The molecule has 5 heteroatoms. The third-order valence-electron chi connectivity index (χ3n) is 3.97. The highest BCUT2D eigenvalue weighted by atomic mass is 32.2. The van der Waals surface area contributed by atoms with Crippen LogP contribution in [-0.2, 0) is 9.84 Å². The predicted molar refractivity (Wildman–Crippen MR) is 92.3 cm³/mol. The van der Waals surface area contributed by atoms with Crippen molar-refractivity contribution in [2.75, 3.05) is 6.26 Å². The summed E-state index contributed by atoms with van der Waals surface area (Å²) in [7, 11) is -3.19. The monoisotopic (exact) mass is 335 g/mol. The van der Waals surface area contributed by atoms with Crippen LogP contribution in [0.5, 0.6) is 0 Å². The molecule has 0 saturated carbocycles. The first-order valence-corrected chi connectivity index (χ1v) is 10.0. The molecule has 2 rings (SSSR count). The van der Waals surface area contributed by atoms with E-state index in [0.29, 0.717) is 16.7 Å². The Hall–Kier alpha value is -1.62. The summed E-state index contributed by atoms with van der Waals surface area (Å²) in [5, 5.41) is 0. The van der Waals surface area contributed by atoms with Crippen LogP contribution < -0.4 is 0 Å². The smallest absolute Gasteiger partial charge is 0.192 e. The van der Waals surface area contributed by atoms with Gasteiger partial charge in [0, 0.05) is 24.7 Å². The first-order chi connectivity index (χ1) is 10.9. The van der Waals surface area contributed by atoms with Crippen LogP contribution in [0.3, 0.4) is 0 Å². The molecular weight excluding hydrogens is 310 g/mol. The fourth-order valence-corrected chi connectivity index (χ4v) is 3.53. The van der Waals surface area contributed by atoms with Crippen LogP contribution in [0.25, 0.3) is 11.3 Å². The minimum atomic E-state index is -3.19. The summed E-state index contributed by atoms with van der Waals surface area (Å²) in [4.78, 5) is 4.93. The first-order valence-electron chi connectivity index (χ1n) is 8.14. The van der Waals surface area contributed by atoms with Gasteiger partial charge in [-0.05, 0) is 37.1 Å². The van der Waals surface area contributed by atoms with E-state index in [1.165, 1.54) is 6.26 Å². The maximum Gasteiger partial charge on any atom is 0.192 e. The van der Waals surface area contributed by atoms with Gasteiger partial charge >= 0.3 is 0 Å². The number of hydrogen-bond donors (Lipinski definition) is 0. The molecule has 0 bridgehead atoms. The molecule has 0 unspecified atom stereocenters. The Morgan fingerprint density at radius 2 is 1.65 bits per heavy atom. The lowest BCUT2D eigenvalue weighted by Gasteiger charge is -2.14. The molecule has 1 aromatic carbocycles. The summed E-state index contributed by atoms with van der Waals surface area (Å²) in [6.45, 7) is 6.21. The third-order valence-corrected chi connectivity index (χ3v) is 5.09. The fourth-order valence-electron chi connectivity index (χ4n) is 2.89. The molecule has 0 aliphatic heterocycles. The van der Waals surface area contributed by atoms with Gasteiger partial charge < -0.3 is 4.42 Å². The molecule has 0 amide bonds. The number of sulfone groups is 1. The molecule has 0 radical (unpaired) electrons. The maximum atomic E-state index is 11.6. The van der Waals surface area contributed by atoms with Crippen molar-refractivity contribution in [3.63, 3.8) is 0 Å². The molecule has 2 aromatic rings. The van der Waals surface area contributed by atoms with Crippen LogP contribution in [0.15, 0.2) is 33.6 Å². The zero-order valence-corrected chi connectivity index (χ0v) is 15.1. The van der Waals surface area contributed by atoms with Gasteiger partial charge in [0.15, 0.2) is 21.5 Å². The second-order valence-corrected chi connectivity index (χ2v) is 8.03. The Kier molecular flexibility index (Phi) is 5.63. The van der Waals surface area contributed by atoms with E-state index in [0.717, 1.165) is 42.7 Å². The van der Waals surface area contributed by atoms with Gasteiger partial charge in [-0.1, -0.05) is 26.7 Å². The largest absolute Gasteiger partial charge is 0.441 e. The molecule has 1 heterocycles. The average Bonchev–Trinajstić information content (AvgIpc) is 2.88. The lowest BCUT2D eigenvalue weighted by atomic mass is 9.92. The number of hydrogen-bond acceptors (Lipinski definition) is 4. The zero-order chi connectivity index (χ0) is 17.0. The molecule has 0 aliphatic rings. The summed E-state index contributed by atoms with van der Waals surface area (Å²) in [5.41, 5.74) is 1.88. The van der Waals surface area contributed by atoms with E-state index in [1.54, 1.807) is 24.3 Å². The molecule has 4 nitrogen and oxygen atoms in total. The van der Waals surface area contributed by atoms with Crippen molar-refractivity contribution in [1.29, 1.82) is 0 Å². The molecule has 1 aromatic heterocycles. The number of oxazole rings is 1. The molecule has 0 aliphatic carbocycles. The number of aromatic nitrogens is 1. The molecule has 23 heavy (non-hydrogen) atoms. The van der Waals surface area contributed by atoms with E-state index in [2.05, 4.69) is 18.8 Å². The van der Waals surface area contributed by atoms with Crippen LogP contribution in [0, 0.1) is 6.92 Å². The van der Waals surface area contributed by atoms with Crippen molar-refractivity contribution in [2.45, 2.75) is 57.3 Å². The van der Waals surface area contributed by atoms with Crippen LogP contribution >= 0.6 is 0 Å². The van der Waals surface area contributed by atoms with Gasteiger partial charge in [-0.2, -0.15) is 0 Å². The molecule has 0 spiro atoms. The van der Waals surface area contributed by atoms with E-state index >= 15 is 0 Å². The quantitative estimate of drug-likeness (QED) is 0.733. The number of rotatable bonds is 7. The summed E-state index contributed by atoms with van der Waals surface area (Å²) < 4.78 is 29.0. The Morgan fingerprint density at radius 3 is 2.13 bits per heavy atom. The van der Waals surface area contributed by atoms with Gasteiger partial charge in [0.25, 0.3) is 0 Å². The predicted octanol–water partition coefficient (Wildman–Crippen LogP) is 4.74. The van der Waals surface area contributed by atoms with Crippen molar-refractivity contribution in [2.24, 2.45) is 0 Å². The molecule has 0 atom stereocenters. The first kappa shape index (κ1) is 17.7. The summed E-state index contributed by atoms with van der Waals surface area (Å²) >= 11 is 0.